The summed E-state index contributed by atoms with van der Waals surface area (Å²) >= 11 is 5.05. The molecule has 1 heterocycles. The van der Waals surface area contributed by atoms with Gasteiger partial charge in [-0.1, -0.05) is 42.5 Å². The Balaban J connectivity index is 1.78. The zero-order valence-corrected chi connectivity index (χ0v) is 12.9. The van der Waals surface area contributed by atoms with Crippen molar-refractivity contribution >= 4 is 28.2 Å². The summed E-state index contributed by atoms with van der Waals surface area (Å²) in [6.07, 6.45) is 0.701. The average molecular weight is 311 g/mol. The van der Waals surface area contributed by atoms with E-state index in [2.05, 4.69) is 9.55 Å². The van der Waals surface area contributed by atoms with E-state index < -0.39 is 0 Å². The summed E-state index contributed by atoms with van der Waals surface area (Å²) in [4.78, 5) is 5.12. The Labute approximate surface area is 134 Å². The summed E-state index contributed by atoms with van der Waals surface area (Å²) in [5.74, 6) is 1.80. The van der Waals surface area contributed by atoms with E-state index in [0.717, 1.165) is 22.6 Å². The van der Waals surface area contributed by atoms with Gasteiger partial charge in [0.1, 0.15) is 11.6 Å². The van der Waals surface area contributed by atoms with E-state index in [1.54, 1.807) is 0 Å². The SMILES string of the molecule is NC(=S)Cn1c(CCOc2ccccc2)nc2ccccc21. The van der Waals surface area contributed by atoms with Crippen LogP contribution < -0.4 is 10.5 Å². The monoisotopic (exact) mass is 311 g/mol. The van der Waals surface area contributed by atoms with Crippen LogP contribution >= 0.6 is 12.2 Å². The molecule has 2 aromatic carbocycles. The smallest absolute Gasteiger partial charge is 0.119 e. The van der Waals surface area contributed by atoms with E-state index in [9.17, 15) is 0 Å². The minimum atomic E-state index is 0.452. The van der Waals surface area contributed by atoms with Gasteiger partial charge in [0.05, 0.1) is 29.2 Å². The second-order valence-electron chi connectivity index (χ2n) is 4.98. The molecule has 0 aliphatic heterocycles. The van der Waals surface area contributed by atoms with Gasteiger partial charge in [-0.15, -0.1) is 0 Å². The molecule has 4 nitrogen and oxygen atoms in total. The van der Waals surface area contributed by atoms with E-state index in [1.807, 2.05) is 54.6 Å². The van der Waals surface area contributed by atoms with Crippen LogP contribution in [0.25, 0.3) is 11.0 Å². The number of benzene rings is 2. The molecular weight excluding hydrogens is 294 g/mol. The molecule has 3 aromatic rings. The summed E-state index contributed by atoms with van der Waals surface area (Å²) in [5, 5.41) is 0. The lowest BCUT2D eigenvalue weighted by atomic mass is 10.3. The van der Waals surface area contributed by atoms with Gasteiger partial charge in [0.2, 0.25) is 0 Å². The standard InChI is InChI=1S/C17H17N3OS/c18-16(22)12-20-15-9-5-4-8-14(15)19-17(20)10-11-21-13-6-2-1-3-7-13/h1-9H,10-12H2,(H2,18,22). The van der Waals surface area contributed by atoms with Gasteiger partial charge in [-0.2, -0.15) is 0 Å². The van der Waals surface area contributed by atoms with Crippen molar-refractivity contribution in [2.45, 2.75) is 13.0 Å². The van der Waals surface area contributed by atoms with E-state index in [0.29, 0.717) is 24.6 Å². The van der Waals surface area contributed by atoms with Gasteiger partial charge in [-0.3, -0.25) is 0 Å². The first-order valence-electron chi connectivity index (χ1n) is 7.14. The molecule has 0 aliphatic rings. The predicted molar refractivity (Wildman–Crippen MR) is 92.2 cm³/mol. The Kier molecular flexibility index (Phi) is 4.34. The Hall–Kier alpha value is -2.40. The average Bonchev–Trinajstić information content (AvgIpc) is 2.86. The molecule has 0 spiro atoms. The number of nitrogens with zero attached hydrogens (tertiary/aromatic N) is 2. The second kappa shape index (κ2) is 6.58. The van der Waals surface area contributed by atoms with Crippen molar-refractivity contribution < 1.29 is 4.74 Å². The van der Waals surface area contributed by atoms with Crippen LogP contribution in [0.3, 0.4) is 0 Å². The normalized spacial score (nSPS) is 10.7. The maximum atomic E-state index is 5.75. The lowest BCUT2D eigenvalue weighted by Crippen LogP contribution is -2.19. The van der Waals surface area contributed by atoms with Crippen molar-refractivity contribution in [3.05, 3.63) is 60.4 Å². The first-order chi connectivity index (χ1) is 10.7. The van der Waals surface area contributed by atoms with Crippen LogP contribution in [0.4, 0.5) is 0 Å². The summed E-state index contributed by atoms with van der Waals surface area (Å²) in [5.41, 5.74) is 7.71. The van der Waals surface area contributed by atoms with Gasteiger partial charge in [0.15, 0.2) is 0 Å². The number of thiocarbonyl (C=S) groups is 1. The van der Waals surface area contributed by atoms with Gasteiger partial charge in [0.25, 0.3) is 0 Å². The highest BCUT2D eigenvalue weighted by molar-refractivity contribution is 7.80. The number of rotatable bonds is 6. The molecule has 22 heavy (non-hydrogen) atoms. The molecule has 0 fully saturated rings. The quantitative estimate of drug-likeness (QED) is 0.711. The molecule has 0 amide bonds. The van der Waals surface area contributed by atoms with Crippen LogP contribution in [0, 0.1) is 0 Å². The highest BCUT2D eigenvalue weighted by atomic mass is 32.1. The minimum Gasteiger partial charge on any atom is -0.493 e. The van der Waals surface area contributed by atoms with Gasteiger partial charge < -0.3 is 15.0 Å². The lowest BCUT2D eigenvalue weighted by Gasteiger charge is -2.09. The predicted octanol–water partition coefficient (Wildman–Crippen LogP) is 2.94. The third kappa shape index (κ3) is 3.26. The maximum absolute atomic E-state index is 5.75. The third-order valence-electron chi connectivity index (χ3n) is 3.39. The molecule has 3 rings (SSSR count). The number of nitrogens with two attached hydrogens (primary N) is 1. The van der Waals surface area contributed by atoms with Gasteiger partial charge in [0, 0.05) is 6.42 Å². The van der Waals surface area contributed by atoms with Crippen molar-refractivity contribution in [2.75, 3.05) is 6.61 Å². The zero-order chi connectivity index (χ0) is 15.4. The molecule has 112 valence electrons. The summed E-state index contributed by atoms with van der Waals surface area (Å²) in [6, 6.07) is 17.8. The topological polar surface area (TPSA) is 53.1 Å². The number of imidazole rings is 1. The van der Waals surface area contributed by atoms with Crippen LogP contribution in [0.2, 0.25) is 0 Å². The summed E-state index contributed by atoms with van der Waals surface area (Å²) in [7, 11) is 0. The maximum Gasteiger partial charge on any atom is 0.119 e. The van der Waals surface area contributed by atoms with E-state index in [1.165, 1.54) is 0 Å². The molecule has 0 radical (unpaired) electrons. The largest absolute Gasteiger partial charge is 0.493 e. The number of hydrogen-bond acceptors (Lipinski definition) is 3. The van der Waals surface area contributed by atoms with E-state index in [-0.39, 0.29) is 0 Å². The molecule has 2 N–H and O–H groups in total. The van der Waals surface area contributed by atoms with Crippen LogP contribution in [-0.4, -0.2) is 21.1 Å². The zero-order valence-electron chi connectivity index (χ0n) is 12.1. The molecule has 0 saturated carbocycles. The Morgan fingerprint density at radius 1 is 1.09 bits per heavy atom. The molecule has 0 unspecified atom stereocenters. The van der Waals surface area contributed by atoms with Crippen molar-refractivity contribution in [1.29, 1.82) is 0 Å². The molecule has 0 aliphatic carbocycles. The van der Waals surface area contributed by atoms with Crippen LogP contribution in [0.5, 0.6) is 5.75 Å². The summed E-state index contributed by atoms with van der Waals surface area (Å²) in [6.45, 7) is 1.06. The first kappa shape index (κ1) is 14.5. The molecular formula is C17H17N3OS. The van der Waals surface area contributed by atoms with Crippen molar-refractivity contribution in [2.24, 2.45) is 5.73 Å². The van der Waals surface area contributed by atoms with Crippen molar-refractivity contribution in [1.82, 2.24) is 9.55 Å². The Morgan fingerprint density at radius 3 is 2.59 bits per heavy atom. The number of fused-ring (bicyclic) bond motifs is 1. The number of hydrogen-bond donors (Lipinski definition) is 1. The van der Waals surface area contributed by atoms with E-state index in [4.69, 9.17) is 22.7 Å². The molecule has 1 aromatic heterocycles. The van der Waals surface area contributed by atoms with Gasteiger partial charge in [-0.25, -0.2) is 4.98 Å². The molecule has 0 atom stereocenters. The first-order valence-corrected chi connectivity index (χ1v) is 7.55. The molecule has 0 bridgehead atoms. The minimum absolute atomic E-state index is 0.452. The highest BCUT2D eigenvalue weighted by Gasteiger charge is 2.11. The van der Waals surface area contributed by atoms with Crippen molar-refractivity contribution in [3.8, 4) is 5.75 Å². The van der Waals surface area contributed by atoms with Gasteiger partial charge >= 0.3 is 0 Å². The number of aromatic nitrogens is 2. The van der Waals surface area contributed by atoms with Crippen LogP contribution in [0.1, 0.15) is 5.82 Å². The number of para-hydroxylation sites is 3. The fourth-order valence-corrected chi connectivity index (χ4v) is 2.55. The third-order valence-corrected chi connectivity index (χ3v) is 3.51. The highest BCUT2D eigenvalue weighted by Crippen LogP contribution is 2.17. The fourth-order valence-electron chi connectivity index (χ4n) is 2.43. The van der Waals surface area contributed by atoms with Crippen molar-refractivity contribution in [3.63, 3.8) is 0 Å². The molecule has 0 saturated heterocycles. The van der Waals surface area contributed by atoms with Gasteiger partial charge in [-0.05, 0) is 24.3 Å². The fraction of sp³-hybridized carbons (Fsp3) is 0.176. The number of ether oxygens (including phenoxy) is 1. The van der Waals surface area contributed by atoms with Crippen LogP contribution in [-0.2, 0) is 13.0 Å². The Morgan fingerprint density at radius 2 is 1.82 bits per heavy atom. The van der Waals surface area contributed by atoms with Crippen LogP contribution in [0.15, 0.2) is 54.6 Å². The van der Waals surface area contributed by atoms with E-state index >= 15 is 0 Å². The summed E-state index contributed by atoms with van der Waals surface area (Å²) < 4.78 is 7.81. The second-order valence-corrected chi connectivity index (χ2v) is 5.51. The Bertz CT molecular complexity index is 783. The lowest BCUT2D eigenvalue weighted by molar-refractivity contribution is 0.317. The molecule has 5 heteroatoms.